The number of H-pyrrole nitrogens is 1. The van der Waals surface area contributed by atoms with E-state index in [4.69, 9.17) is 0 Å². The molecule has 2 amide bonds. The van der Waals surface area contributed by atoms with Gasteiger partial charge in [-0.25, -0.2) is 9.58 Å². The quantitative estimate of drug-likeness (QED) is 0.569. The van der Waals surface area contributed by atoms with E-state index in [-0.39, 0.29) is 24.7 Å². The van der Waals surface area contributed by atoms with Crippen LogP contribution in [0.25, 0.3) is 27.8 Å². The highest BCUT2D eigenvalue weighted by Crippen LogP contribution is 2.34. The molecule has 132 valence electrons. The first-order chi connectivity index (χ1) is 13.2. The van der Waals surface area contributed by atoms with Crippen LogP contribution >= 0.6 is 0 Å². The maximum absolute atomic E-state index is 12.2. The molecule has 2 aromatic carbocycles. The molecule has 0 saturated carbocycles. The van der Waals surface area contributed by atoms with E-state index in [1.54, 1.807) is 4.68 Å². The Morgan fingerprint density at radius 2 is 1.59 bits per heavy atom. The zero-order valence-electron chi connectivity index (χ0n) is 14.4. The molecule has 1 N–H and O–H groups in total. The molecule has 2 aromatic heterocycles. The minimum Gasteiger partial charge on any atom is -0.360 e. The van der Waals surface area contributed by atoms with E-state index in [1.807, 2.05) is 66.9 Å². The van der Waals surface area contributed by atoms with Gasteiger partial charge in [-0.05, 0) is 18.2 Å². The first-order valence-corrected chi connectivity index (χ1v) is 8.80. The van der Waals surface area contributed by atoms with E-state index in [9.17, 15) is 9.59 Å². The topological polar surface area (TPSA) is 71.0 Å². The Hall–Kier alpha value is -3.67. The number of carbonyl (C=O) groups is 2. The van der Waals surface area contributed by atoms with Gasteiger partial charge in [0.05, 0.1) is 11.4 Å². The number of aromatic amines is 1. The van der Waals surface area contributed by atoms with Crippen molar-refractivity contribution in [2.24, 2.45) is 0 Å². The van der Waals surface area contributed by atoms with Gasteiger partial charge in [-0.15, -0.1) is 5.10 Å². The molecular formula is C21H16N4O2. The summed E-state index contributed by atoms with van der Waals surface area (Å²) in [6.07, 6.45) is 2.40. The Morgan fingerprint density at radius 3 is 2.37 bits per heavy atom. The highest BCUT2D eigenvalue weighted by Gasteiger charge is 2.33. The van der Waals surface area contributed by atoms with Gasteiger partial charge in [0.2, 0.25) is 11.8 Å². The lowest BCUT2D eigenvalue weighted by molar-refractivity contribution is -0.121. The van der Waals surface area contributed by atoms with Crippen LogP contribution < -0.4 is 4.90 Å². The first-order valence-electron chi connectivity index (χ1n) is 8.80. The van der Waals surface area contributed by atoms with Gasteiger partial charge >= 0.3 is 0 Å². The zero-order valence-corrected chi connectivity index (χ0v) is 14.4. The lowest BCUT2D eigenvalue weighted by Gasteiger charge is -2.09. The summed E-state index contributed by atoms with van der Waals surface area (Å²) in [5, 5.41) is 5.67. The molecule has 6 nitrogen and oxygen atoms in total. The molecule has 0 atom stereocenters. The van der Waals surface area contributed by atoms with Crippen LogP contribution in [0.4, 0.5) is 5.82 Å². The molecular weight excluding hydrogens is 340 g/mol. The lowest BCUT2D eigenvalue weighted by Crippen LogP contribution is -2.29. The van der Waals surface area contributed by atoms with Gasteiger partial charge in [-0.1, -0.05) is 36.4 Å². The van der Waals surface area contributed by atoms with Gasteiger partial charge in [-0.2, -0.15) is 0 Å². The second-order valence-corrected chi connectivity index (χ2v) is 6.51. The predicted molar refractivity (Wildman–Crippen MR) is 103 cm³/mol. The van der Waals surface area contributed by atoms with Crippen LogP contribution in [0.2, 0.25) is 0 Å². The number of benzene rings is 2. The minimum atomic E-state index is -0.205. The number of hydrogen-bond donors (Lipinski definition) is 1. The number of carbonyl (C=O) groups excluding carboxylic acids is 2. The van der Waals surface area contributed by atoms with Crippen molar-refractivity contribution in [2.75, 3.05) is 4.90 Å². The molecule has 0 bridgehead atoms. The number of hydrogen-bond acceptors (Lipinski definition) is 3. The van der Waals surface area contributed by atoms with E-state index in [0.717, 1.165) is 27.8 Å². The summed E-state index contributed by atoms with van der Waals surface area (Å²) in [7, 11) is 0. The van der Waals surface area contributed by atoms with Crippen LogP contribution in [0, 0.1) is 0 Å². The Labute approximate surface area is 155 Å². The standard InChI is InChI=1S/C21H16N4O2/c26-20-10-11-21(27)24(20)19-12-18(25(23-19)14-6-2-1-3-7-14)16-13-22-17-9-5-4-8-15(16)17/h1-9,12-13,22H,10-11H2. The fourth-order valence-corrected chi connectivity index (χ4v) is 3.55. The molecule has 5 rings (SSSR count). The third kappa shape index (κ3) is 2.45. The molecule has 1 fully saturated rings. The molecule has 0 spiro atoms. The average Bonchev–Trinajstić information content (AvgIpc) is 3.39. The maximum Gasteiger partial charge on any atom is 0.235 e. The number of rotatable bonds is 3. The minimum absolute atomic E-state index is 0.205. The molecule has 0 unspecified atom stereocenters. The van der Waals surface area contributed by atoms with Gasteiger partial charge in [-0.3, -0.25) is 9.59 Å². The summed E-state index contributed by atoms with van der Waals surface area (Å²) >= 11 is 0. The van der Waals surface area contributed by atoms with E-state index in [0.29, 0.717) is 5.82 Å². The fraction of sp³-hybridized carbons (Fsp3) is 0.0952. The third-order valence-electron chi connectivity index (χ3n) is 4.84. The van der Waals surface area contributed by atoms with Gasteiger partial charge < -0.3 is 4.98 Å². The van der Waals surface area contributed by atoms with Crippen molar-refractivity contribution < 1.29 is 9.59 Å². The SMILES string of the molecule is O=C1CCC(=O)N1c1cc(-c2c[nH]c3ccccc23)n(-c2ccccc2)n1. The summed E-state index contributed by atoms with van der Waals surface area (Å²) in [5.41, 5.74) is 3.67. The van der Waals surface area contributed by atoms with Crippen LogP contribution in [0.3, 0.4) is 0 Å². The number of para-hydroxylation sites is 2. The molecule has 27 heavy (non-hydrogen) atoms. The van der Waals surface area contributed by atoms with Crippen molar-refractivity contribution in [3.8, 4) is 16.9 Å². The molecule has 1 aliphatic heterocycles. The summed E-state index contributed by atoms with van der Waals surface area (Å²) in [5.74, 6) is -0.0435. The normalized spacial score (nSPS) is 14.4. The van der Waals surface area contributed by atoms with E-state index >= 15 is 0 Å². The summed E-state index contributed by atoms with van der Waals surface area (Å²) < 4.78 is 1.78. The molecule has 0 aliphatic carbocycles. The number of imide groups is 1. The smallest absolute Gasteiger partial charge is 0.235 e. The molecule has 6 heteroatoms. The van der Waals surface area contributed by atoms with Crippen molar-refractivity contribution in [3.63, 3.8) is 0 Å². The van der Waals surface area contributed by atoms with E-state index in [1.165, 1.54) is 4.90 Å². The monoisotopic (exact) mass is 356 g/mol. The van der Waals surface area contributed by atoms with Crippen LogP contribution in [0.15, 0.2) is 66.9 Å². The van der Waals surface area contributed by atoms with Gasteiger partial charge in [0, 0.05) is 41.6 Å². The second-order valence-electron chi connectivity index (χ2n) is 6.51. The van der Waals surface area contributed by atoms with Crippen molar-refractivity contribution in [1.82, 2.24) is 14.8 Å². The zero-order chi connectivity index (χ0) is 18.4. The van der Waals surface area contributed by atoms with E-state index in [2.05, 4.69) is 10.1 Å². The van der Waals surface area contributed by atoms with Gasteiger partial charge in [0.1, 0.15) is 0 Å². The predicted octanol–water partition coefficient (Wildman–Crippen LogP) is 3.67. The molecule has 4 aromatic rings. The first kappa shape index (κ1) is 15.6. The molecule has 0 radical (unpaired) electrons. The number of amides is 2. The summed E-state index contributed by atoms with van der Waals surface area (Å²) in [6.45, 7) is 0. The second kappa shape index (κ2) is 5.95. The Kier molecular flexibility index (Phi) is 3.43. The number of nitrogens with zero attached hydrogens (tertiary/aromatic N) is 3. The van der Waals surface area contributed by atoms with Crippen molar-refractivity contribution >= 4 is 28.5 Å². The molecule has 1 saturated heterocycles. The lowest BCUT2D eigenvalue weighted by atomic mass is 10.1. The van der Waals surface area contributed by atoms with Crippen LogP contribution in [-0.2, 0) is 9.59 Å². The third-order valence-corrected chi connectivity index (χ3v) is 4.84. The largest absolute Gasteiger partial charge is 0.360 e. The number of anilines is 1. The summed E-state index contributed by atoms with van der Waals surface area (Å²) in [6, 6.07) is 19.5. The molecule has 3 heterocycles. The molecule has 1 aliphatic rings. The van der Waals surface area contributed by atoms with Gasteiger partial charge in [0.15, 0.2) is 5.82 Å². The highest BCUT2D eigenvalue weighted by atomic mass is 16.2. The van der Waals surface area contributed by atoms with Crippen LogP contribution in [0.1, 0.15) is 12.8 Å². The highest BCUT2D eigenvalue weighted by molar-refractivity contribution is 6.19. The van der Waals surface area contributed by atoms with Crippen LogP contribution in [-0.4, -0.2) is 26.6 Å². The number of nitrogens with one attached hydrogen (secondary N) is 1. The average molecular weight is 356 g/mol. The maximum atomic E-state index is 12.2. The van der Waals surface area contributed by atoms with Crippen molar-refractivity contribution in [2.45, 2.75) is 12.8 Å². The fourth-order valence-electron chi connectivity index (χ4n) is 3.55. The number of aromatic nitrogens is 3. The Bertz CT molecular complexity index is 1160. The van der Waals surface area contributed by atoms with Crippen molar-refractivity contribution in [3.05, 3.63) is 66.9 Å². The van der Waals surface area contributed by atoms with E-state index < -0.39 is 0 Å². The Balaban J connectivity index is 1.74. The van der Waals surface area contributed by atoms with Gasteiger partial charge in [0.25, 0.3) is 0 Å². The van der Waals surface area contributed by atoms with Crippen LogP contribution in [0.5, 0.6) is 0 Å². The Morgan fingerprint density at radius 1 is 0.889 bits per heavy atom. The van der Waals surface area contributed by atoms with Crippen molar-refractivity contribution in [1.29, 1.82) is 0 Å². The summed E-state index contributed by atoms with van der Waals surface area (Å²) in [4.78, 5) is 28.8. The number of fused-ring (bicyclic) bond motifs is 1.